The molecule has 6 nitrogen and oxygen atoms in total. The summed E-state index contributed by atoms with van der Waals surface area (Å²) in [4.78, 5) is 31.5. The smallest absolute Gasteiger partial charge is 0.263 e. The molecule has 1 N–H and O–H groups in total. The average molecular weight is 346 g/mol. The number of nitrogens with zero attached hydrogens (tertiary/aromatic N) is 3. The molecule has 1 aliphatic rings. The molecule has 7 heteroatoms. The maximum Gasteiger partial charge on any atom is 0.263 e. The van der Waals surface area contributed by atoms with Crippen molar-refractivity contribution < 1.29 is 9.59 Å². The third-order valence-corrected chi connectivity index (χ3v) is 5.10. The second-order valence-corrected chi connectivity index (χ2v) is 7.18. The van der Waals surface area contributed by atoms with Gasteiger partial charge in [-0.3, -0.25) is 9.59 Å². The van der Waals surface area contributed by atoms with Gasteiger partial charge in [0.2, 0.25) is 5.91 Å². The van der Waals surface area contributed by atoms with Crippen LogP contribution in [0.15, 0.2) is 36.2 Å². The second kappa shape index (κ2) is 7.61. The molecule has 1 saturated heterocycles. The van der Waals surface area contributed by atoms with E-state index >= 15 is 0 Å². The molecule has 2 aromatic rings. The number of hydrogen-bond acceptors (Lipinski definition) is 4. The highest BCUT2D eigenvalue weighted by Gasteiger charge is 2.29. The number of amides is 2. The number of hydrogen-bond donors (Lipinski definition) is 1. The zero-order chi connectivity index (χ0) is 16.9. The Balaban J connectivity index is 1.54. The minimum atomic E-state index is -0.132. The van der Waals surface area contributed by atoms with Gasteiger partial charge < -0.3 is 14.8 Å². The molecule has 1 fully saturated rings. The summed E-state index contributed by atoms with van der Waals surface area (Å²) in [7, 11) is 0. The van der Waals surface area contributed by atoms with Gasteiger partial charge in [0, 0.05) is 38.1 Å². The highest BCUT2D eigenvalue weighted by Crippen LogP contribution is 2.20. The van der Waals surface area contributed by atoms with Gasteiger partial charge in [0.25, 0.3) is 5.91 Å². The van der Waals surface area contributed by atoms with Crippen LogP contribution < -0.4 is 5.32 Å². The minimum Gasteiger partial charge on any atom is -0.352 e. The Labute approximate surface area is 145 Å². The van der Waals surface area contributed by atoms with Crippen LogP contribution in [-0.4, -0.2) is 45.4 Å². The van der Waals surface area contributed by atoms with Crippen LogP contribution in [0, 0.1) is 5.92 Å². The van der Waals surface area contributed by atoms with Crippen molar-refractivity contribution in [1.29, 1.82) is 0 Å². The lowest BCUT2D eigenvalue weighted by molar-refractivity contribution is -0.127. The Morgan fingerprint density at radius 1 is 1.50 bits per heavy atom. The number of carbonyl (C=O) groups excluding carboxylic acids is 2. The standard InChI is InChI=1S/C17H22N4O2S/c1-13(10-20-8-6-18-12-20)19-16(22)14-4-2-7-21(11-14)17(23)15-5-3-9-24-15/h3,5-6,8-9,12-14H,2,4,7,10-11H2,1H3,(H,19,22)/t13-,14-/m1/s1. The van der Waals surface area contributed by atoms with Gasteiger partial charge >= 0.3 is 0 Å². The Kier molecular flexibility index (Phi) is 5.30. The molecule has 0 aromatic carbocycles. The van der Waals surface area contributed by atoms with E-state index in [1.807, 2.05) is 35.2 Å². The van der Waals surface area contributed by atoms with Crippen molar-refractivity contribution in [2.24, 2.45) is 5.92 Å². The normalized spacial score (nSPS) is 19.0. The van der Waals surface area contributed by atoms with E-state index in [9.17, 15) is 9.59 Å². The largest absolute Gasteiger partial charge is 0.352 e. The lowest BCUT2D eigenvalue weighted by atomic mass is 9.96. The molecule has 2 amide bonds. The number of carbonyl (C=O) groups is 2. The zero-order valence-electron chi connectivity index (χ0n) is 13.7. The third kappa shape index (κ3) is 4.03. The molecule has 1 aliphatic heterocycles. The summed E-state index contributed by atoms with van der Waals surface area (Å²) in [6.45, 7) is 3.90. The number of nitrogens with one attached hydrogen (secondary N) is 1. The topological polar surface area (TPSA) is 67.2 Å². The number of piperidine rings is 1. The molecule has 0 saturated carbocycles. The van der Waals surface area contributed by atoms with Crippen LogP contribution in [0.1, 0.15) is 29.4 Å². The Bertz CT molecular complexity index is 669. The van der Waals surface area contributed by atoms with E-state index in [4.69, 9.17) is 0 Å². The molecule has 0 aliphatic carbocycles. The summed E-state index contributed by atoms with van der Waals surface area (Å²) in [5.41, 5.74) is 0. The highest BCUT2D eigenvalue weighted by molar-refractivity contribution is 7.12. The number of imidazole rings is 1. The maximum absolute atomic E-state index is 12.5. The molecule has 128 valence electrons. The predicted octanol–water partition coefficient (Wildman–Crippen LogP) is 2.00. The van der Waals surface area contributed by atoms with Crippen LogP contribution in [0.5, 0.6) is 0 Å². The monoisotopic (exact) mass is 346 g/mol. The number of thiophene rings is 1. The average Bonchev–Trinajstić information content (AvgIpc) is 3.27. The summed E-state index contributed by atoms with van der Waals surface area (Å²) in [5.74, 6) is -0.0619. The van der Waals surface area contributed by atoms with Gasteiger partial charge in [-0.05, 0) is 31.2 Å². The van der Waals surface area contributed by atoms with Crippen LogP contribution >= 0.6 is 11.3 Å². The van der Waals surface area contributed by atoms with E-state index in [1.54, 1.807) is 17.4 Å². The number of rotatable bonds is 5. The summed E-state index contributed by atoms with van der Waals surface area (Å²) in [6, 6.07) is 3.74. The first kappa shape index (κ1) is 16.7. The van der Waals surface area contributed by atoms with Crippen molar-refractivity contribution in [2.45, 2.75) is 32.4 Å². The first-order valence-electron chi connectivity index (χ1n) is 8.22. The van der Waals surface area contributed by atoms with Crippen LogP contribution in [0.2, 0.25) is 0 Å². The van der Waals surface area contributed by atoms with Crippen LogP contribution in [0.25, 0.3) is 0 Å². The molecule has 0 bridgehead atoms. The first-order valence-corrected chi connectivity index (χ1v) is 9.10. The molecule has 0 unspecified atom stereocenters. The maximum atomic E-state index is 12.5. The fourth-order valence-electron chi connectivity index (χ4n) is 3.05. The molecular formula is C17H22N4O2S. The SMILES string of the molecule is C[C@H](Cn1ccnc1)NC(=O)[C@@H]1CCCN(C(=O)c2cccs2)C1. The summed E-state index contributed by atoms with van der Waals surface area (Å²) >= 11 is 1.45. The minimum absolute atomic E-state index is 0.0232. The van der Waals surface area contributed by atoms with Gasteiger partial charge in [-0.15, -0.1) is 11.3 Å². The quantitative estimate of drug-likeness (QED) is 0.900. The first-order chi connectivity index (χ1) is 11.6. The zero-order valence-corrected chi connectivity index (χ0v) is 14.5. The van der Waals surface area contributed by atoms with E-state index in [-0.39, 0.29) is 23.8 Å². The van der Waals surface area contributed by atoms with Gasteiger partial charge in [-0.25, -0.2) is 4.98 Å². The highest BCUT2D eigenvalue weighted by atomic mass is 32.1. The van der Waals surface area contributed by atoms with E-state index in [1.165, 1.54) is 11.3 Å². The fourth-order valence-corrected chi connectivity index (χ4v) is 3.74. The molecule has 2 atom stereocenters. The van der Waals surface area contributed by atoms with Crippen LogP contribution in [0.4, 0.5) is 0 Å². The molecule has 3 rings (SSSR count). The molecule has 0 spiro atoms. The molecule has 2 aromatic heterocycles. The van der Waals surface area contributed by atoms with Crippen molar-refractivity contribution in [3.8, 4) is 0 Å². The van der Waals surface area contributed by atoms with E-state index in [0.717, 1.165) is 24.3 Å². The third-order valence-electron chi connectivity index (χ3n) is 4.24. The molecule has 24 heavy (non-hydrogen) atoms. The fraction of sp³-hybridized carbons (Fsp3) is 0.471. The summed E-state index contributed by atoms with van der Waals surface area (Å²) < 4.78 is 1.94. The van der Waals surface area contributed by atoms with E-state index < -0.39 is 0 Å². The number of aromatic nitrogens is 2. The van der Waals surface area contributed by atoms with Gasteiger partial charge in [-0.1, -0.05) is 6.07 Å². The van der Waals surface area contributed by atoms with Crippen molar-refractivity contribution >= 4 is 23.2 Å². The van der Waals surface area contributed by atoms with Gasteiger partial charge in [0.15, 0.2) is 0 Å². The molecular weight excluding hydrogens is 324 g/mol. The van der Waals surface area contributed by atoms with Crippen molar-refractivity contribution in [3.63, 3.8) is 0 Å². The molecule has 0 radical (unpaired) electrons. The van der Waals surface area contributed by atoms with Gasteiger partial charge in [0.1, 0.15) is 0 Å². The predicted molar refractivity (Wildman–Crippen MR) is 92.8 cm³/mol. The van der Waals surface area contributed by atoms with E-state index in [2.05, 4.69) is 10.3 Å². The van der Waals surface area contributed by atoms with Crippen molar-refractivity contribution in [1.82, 2.24) is 19.8 Å². The summed E-state index contributed by atoms with van der Waals surface area (Å²) in [5, 5.41) is 4.96. The Morgan fingerprint density at radius 2 is 2.38 bits per heavy atom. The second-order valence-electron chi connectivity index (χ2n) is 6.24. The lowest BCUT2D eigenvalue weighted by Gasteiger charge is -2.32. The van der Waals surface area contributed by atoms with Crippen molar-refractivity contribution in [3.05, 3.63) is 41.1 Å². The lowest BCUT2D eigenvalue weighted by Crippen LogP contribution is -2.47. The van der Waals surface area contributed by atoms with Crippen LogP contribution in [-0.2, 0) is 11.3 Å². The van der Waals surface area contributed by atoms with E-state index in [0.29, 0.717) is 13.1 Å². The Hall–Kier alpha value is -2.15. The van der Waals surface area contributed by atoms with Crippen molar-refractivity contribution in [2.75, 3.05) is 13.1 Å². The van der Waals surface area contributed by atoms with Gasteiger partial charge in [0.05, 0.1) is 17.1 Å². The number of likely N-dealkylation sites (tertiary alicyclic amines) is 1. The Morgan fingerprint density at radius 3 is 3.08 bits per heavy atom. The summed E-state index contributed by atoms with van der Waals surface area (Å²) in [6.07, 6.45) is 7.04. The molecule has 3 heterocycles. The van der Waals surface area contributed by atoms with Crippen LogP contribution in [0.3, 0.4) is 0 Å². The van der Waals surface area contributed by atoms with Gasteiger partial charge in [-0.2, -0.15) is 0 Å².